The zero-order valence-corrected chi connectivity index (χ0v) is 29.0. The molecule has 236 valence electrons. The minimum absolute atomic E-state index is 0.117. The van der Waals surface area contributed by atoms with Gasteiger partial charge in [0.2, 0.25) is 0 Å². The second kappa shape index (κ2) is 16.8. The molecule has 0 fully saturated rings. The molecule has 4 rings (SSSR count). The molecule has 2 atom stereocenters. The lowest BCUT2D eigenvalue weighted by atomic mass is 9.61. The van der Waals surface area contributed by atoms with E-state index in [1.54, 1.807) is 44.5 Å². The van der Waals surface area contributed by atoms with E-state index in [0.29, 0.717) is 11.8 Å². The first-order valence-corrected chi connectivity index (χ1v) is 18.6. The summed E-state index contributed by atoms with van der Waals surface area (Å²) in [6.45, 7) is 14.7. The van der Waals surface area contributed by atoms with Crippen molar-refractivity contribution in [3.63, 3.8) is 0 Å². The molecule has 0 saturated carbocycles. The Labute approximate surface area is 266 Å². The van der Waals surface area contributed by atoms with Crippen LogP contribution in [0.25, 0.3) is 11.1 Å². The molecular weight excluding hydrogens is 516 g/mol. The van der Waals surface area contributed by atoms with E-state index in [9.17, 15) is 0 Å². The fourth-order valence-corrected chi connectivity index (χ4v) is 8.75. The van der Waals surface area contributed by atoms with Crippen LogP contribution in [-0.2, 0) is 0 Å². The van der Waals surface area contributed by atoms with E-state index < -0.39 is 0 Å². The second-order valence-corrected chi connectivity index (χ2v) is 14.4. The van der Waals surface area contributed by atoms with Crippen molar-refractivity contribution in [2.45, 2.75) is 169 Å². The van der Waals surface area contributed by atoms with E-state index in [-0.39, 0.29) is 5.41 Å². The predicted octanol–water partition coefficient (Wildman–Crippen LogP) is 14.2. The zero-order valence-electron chi connectivity index (χ0n) is 29.0. The standard InChI is InChI=1S/C43H64/c1-7-11-15-19-25-33-35-27-21-23-31-39(35)41(37(33)29-17-13-9-3)43(5,6)42-38(30-18-14-10-4)34(26-20-16-12-8-2)36-28-22-24-32-40(36)42/h21-24,27-28,31-32,41-42H,7-20,25-26,29-30H2,1-6H3. The van der Waals surface area contributed by atoms with E-state index in [0.717, 1.165) is 0 Å². The van der Waals surface area contributed by atoms with Gasteiger partial charge in [0.1, 0.15) is 0 Å². The highest BCUT2D eigenvalue weighted by atomic mass is 14.5. The molecule has 0 saturated heterocycles. The number of benzene rings is 2. The molecule has 0 radical (unpaired) electrons. The minimum atomic E-state index is 0.117. The smallest absolute Gasteiger partial charge is 0.0120 e. The van der Waals surface area contributed by atoms with Crippen LogP contribution in [0.4, 0.5) is 0 Å². The van der Waals surface area contributed by atoms with Gasteiger partial charge in [-0.1, -0.05) is 165 Å². The van der Waals surface area contributed by atoms with Crippen LogP contribution in [0.1, 0.15) is 191 Å². The van der Waals surface area contributed by atoms with Crippen molar-refractivity contribution in [1.29, 1.82) is 0 Å². The molecule has 0 aliphatic heterocycles. The predicted molar refractivity (Wildman–Crippen MR) is 192 cm³/mol. The molecule has 0 spiro atoms. The summed E-state index contributed by atoms with van der Waals surface area (Å²) in [6, 6.07) is 19.2. The Morgan fingerprint density at radius 3 is 1.19 bits per heavy atom. The summed E-state index contributed by atoms with van der Waals surface area (Å²) in [5.74, 6) is 1.00. The molecular formula is C43H64. The van der Waals surface area contributed by atoms with Crippen LogP contribution in [-0.4, -0.2) is 0 Å². The van der Waals surface area contributed by atoms with Crippen LogP contribution in [0.2, 0.25) is 0 Å². The fourth-order valence-electron chi connectivity index (χ4n) is 8.75. The lowest BCUT2D eigenvalue weighted by Gasteiger charge is -2.42. The van der Waals surface area contributed by atoms with Gasteiger partial charge in [0.05, 0.1) is 0 Å². The number of fused-ring (bicyclic) bond motifs is 2. The number of allylic oxidation sites excluding steroid dienone is 4. The van der Waals surface area contributed by atoms with Crippen LogP contribution in [0.5, 0.6) is 0 Å². The Morgan fingerprint density at radius 2 is 0.791 bits per heavy atom. The van der Waals surface area contributed by atoms with Crippen molar-refractivity contribution in [3.8, 4) is 0 Å². The van der Waals surface area contributed by atoms with E-state index in [2.05, 4.69) is 90.1 Å². The van der Waals surface area contributed by atoms with Gasteiger partial charge in [-0.2, -0.15) is 0 Å². The molecule has 2 aliphatic carbocycles. The van der Waals surface area contributed by atoms with Gasteiger partial charge in [-0.15, -0.1) is 0 Å². The highest BCUT2D eigenvalue weighted by Gasteiger charge is 2.48. The number of hydrogen-bond donors (Lipinski definition) is 0. The van der Waals surface area contributed by atoms with Gasteiger partial charge in [-0.3, -0.25) is 0 Å². The van der Waals surface area contributed by atoms with E-state index >= 15 is 0 Å². The third-order valence-corrected chi connectivity index (χ3v) is 10.8. The molecule has 0 nitrogen and oxygen atoms in total. The van der Waals surface area contributed by atoms with E-state index in [1.165, 1.54) is 116 Å². The first kappa shape index (κ1) is 33.8. The van der Waals surface area contributed by atoms with Crippen molar-refractivity contribution < 1.29 is 0 Å². The van der Waals surface area contributed by atoms with Gasteiger partial charge in [0, 0.05) is 11.8 Å². The average molecular weight is 581 g/mol. The van der Waals surface area contributed by atoms with Gasteiger partial charge in [-0.25, -0.2) is 0 Å². The molecule has 43 heavy (non-hydrogen) atoms. The maximum absolute atomic E-state index is 2.66. The van der Waals surface area contributed by atoms with Crippen LogP contribution in [0, 0.1) is 5.41 Å². The van der Waals surface area contributed by atoms with E-state index in [1.807, 2.05) is 0 Å². The highest BCUT2D eigenvalue weighted by Crippen LogP contribution is 2.63. The van der Waals surface area contributed by atoms with Gasteiger partial charge in [0.25, 0.3) is 0 Å². The van der Waals surface area contributed by atoms with Crippen LogP contribution in [0.15, 0.2) is 59.7 Å². The summed E-state index contributed by atoms with van der Waals surface area (Å²) in [5.41, 5.74) is 13.6. The lowest BCUT2D eigenvalue weighted by Crippen LogP contribution is -2.31. The fraction of sp³-hybridized carbons (Fsp3) is 0.628. The third kappa shape index (κ3) is 7.78. The maximum atomic E-state index is 2.66. The Bertz CT molecular complexity index is 1110. The van der Waals surface area contributed by atoms with Crippen LogP contribution >= 0.6 is 0 Å². The molecule has 0 N–H and O–H groups in total. The second-order valence-electron chi connectivity index (χ2n) is 14.4. The Hall–Kier alpha value is -2.08. The van der Waals surface area contributed by atoms with Gasteiger partial charge in [0.15, 0.2) is 0 Å². The first-order valence-electron chi connectivity index (χ1n) is 18.6. The van der Waals surface area contributed by atoms with Crippen molar-refractivity contribution in [2.75, 3.05) is 0 Å². The highest BCUT2D eigenvalue weighted by molar-refractivity contribution is 5.81. The quantitative estimate of drug-likeness (QED) is 0.137. The van der Waals surface area contributed by atoms with Crippen molar-refractivity contribution in [3.05, 3.63) is 81.9 Å². The first-order chi connectivity index (χ1) is 21.0. The molecule has 2 aromatic rings. The maximum Gasteiger partial charge on any atom is 0.0120 e. The SMILES string of the molecule is CCCCCCC1=C(CCCCC)C(C(C)(C)C2C(CCCCC)=C(CCCCCC)c3ccccc32)c2ccccc21. The monoisotopic (exact) mass is 581 g/mol. The normalized spacial score (nSPS) is 18.1. The lowest BCUT2D eigenvalue weighted by molar-refractivity contribution is 0.266. The summed E-state index contributed by atoms with van der Waals surface area (Å²) in [5, 5.41) is 0. The summed E-state index contributed by atoms with van der Waals surface area (Å²) in [7, 11) is 0. The molecule has 0 heterocycles. The van der Waals surface area contributed by atoms with Crippen molar-refractivity contribution in [2.24, 2.45) is 5.41 Å². The molecule has 2 unspecified atom stereocenters. The van der Waals surface area contributed by atoms with Crippen LogP contribution < -0.4 is 0 Å². The number of hydrogen-bond acceptors (Lipinski definition) is 0. The Balaban J connectivity index is 1.81. The number of unbranched alkanes of at least 4 members (excludes halogenated alkanes) is 10. The summed E-state index contributed by atoms with van der Waals surface area (Å²) < 4.78 is 0. The van der Waals surface area contributed by atoms with Gasteiger partial charge < -0.3 is 0 Å². The Kier molecular flexibility index (Phi) is 13.2. The largest absolute Gasteiger partial charge is 0.0654 e. The summed E-state index contributed by atoms with van der Waals surface area (Å²) in [4.78, 5) is 0. The topological polar surface area (TPSA) is 0 Å². The molecule has 0 amide bonds. The average Bonchev–Trinajstić information content (AvgIpc) is 3.51. The third-order valence-electron chi connectivity index (χ3n) is 10.8. The Morgan fingerprint density at radius 1 is 0.442 bits per heavy atom. The molecule has 2 aromatic carbocycles. The van der Waals surface area contributed by atoms with E-state index in [4.69, 9.17) is 0 Å². The minimum Gasteiger partial charge on any atom is -0.0654 e. The molecule has 2 aliphatic rings. The van der Waals surface area contributed by atoms with Gasteiger partial charge in [-0.05, 0) is 90.2 Å². The number of rotatable bonds is 20. The van der Waals surface area contributed by atoms with Crippen LogP contribution in [0.3, 0.4) is 0 Å². The molecule has 0 bridgehead atoms. The van der Waals surface area contributed by atoms with Crippen molar-refractivity contribution in [1.82, 2.24) is 0 Å². The molecule has 0 aromatic heterocycles. The summed E-state index contributed by atoms with van der Waals surface area (Å²) in [6.07, 6.45) is 23.7. The summed E-state index contributed by atoms with van der Waals surface area (Å²) >= 11 is 0. The zero-order chi connectivity index (χ0) is 30.7. The molecule has 0 heteroatoms. The van der Waals surface area contributed by atoms with Crippen molar-refractivity contribution >= 4 is 11.1 Å². The van der Waals surface area contributed by atoms with Gasteiger partial charge >= 0.3 is 0 Å².